The van der Waals surface area contributed by atoms with Crippen LogP contribution in [0.1, 0.15) is 36.8 Å². The molecule has 5 nitrogen and oxygen atoms in total. The van der Waals surface area contributed by atoms with Crippen LogP contribution in [0, 0.1) is 0 Å². The molecular formula is C22H22ClN3O2S. The van der Waals surface area contributed by atoms with E-state index in [0.717, 1.165) is 28.3 Å². The predicted octanol–water partition coefficient (Wildman–Crippen LogP) is 4.88. The first kappa shape index (κ1) is 20.2. The van der Waals surface area contributed by atoms with Crippen molar-refractivity contribution < 1.29 is 8.76 Å². The number of fused-ring (bicyclic) bond motifs is 1. The second-order valence-electron chi connectivity index (χ2n) is 7.42. The third-order valence-corrected chi connectivity index (χ3v) is 7.17. The third kappa shape index (κ3) is 3.98. The first-order valence-electron chi connectivity index (χ1n) is 9.57. The van der Waals surface area contributed by atoms with E-state index in [1.54, 1.807) is 24.3 Å². The van der Waals surface area contributed by atoms with Gasteiger partial charge in [-0.2, -0.15) is 0 Å². The van der Waals surface area contributed by atoms with Gasteiger partial charge in [-0.1, -0.05) is 60.0 Å². The van der Waals surface area contributed by atoms with Crippen molar-refractivity contribution in [1.82, 2.24) is 14.3 Å². The summed E-state index contributed by atoms with van der Waals surface area (Å²) in [6.07, 6.45) is 0.560. The highest BCUT2D eigenvalue weighted by Crippen LogP contribution is 2.33. The van der Waals surface area contributed by atoms with Crippen molar-refractivity contribution in [2.75, 3.05) is 6.54 Å². The van der Waals surface area contributed by atoms with Gasteiger partial charge in [-0.15, -0.1) is 4.31 Å². The summed E-state index contributed by atoms with van der Waals surface area (Å²) in [5.74, 6) is 0.950. The first-order valence-corrected chi connectivity index (χ1v) is 11.4. The summed E-state index contributed by atoms with van der Waals surface area (Å²) in [6.45, 7) is 4.77. The van der Waals surface area contributed by atoms with Crippen LogP contribution in [0.3, 0.4) is 0 Å². The zero-order chi connectivity index (χ0) is 20.6. The van der Waals surface area contributed by atoms with E-state index in [9.17, 15) is 8.76 Å². The fourth-order valence-electron chi connectivity index (χ4n) is 3.46. The molecule has 7 heteroatoms. The second kappa shape index (κ2) is 7.95. The molecule has 4 rings (SSSR count). The van der Waals surface area contributed by atoms with Gasteiger partial charge in [0.15, 0.2) is 15.3 Å². The Balaban J connectivity index is 1.79. The van der Waals surface area contributed by atoms with E-state index >= 15 is 0 Å². The van der Waals surface area contributed by atoms with Gasteiger partial charge >= 0.3 is 0 Å². The lowest BCUT2D eigenvalue weighted by Gasteiger charge is -2.32. The standard InChI is InChI=1S/C22H22ClN3O2S/c1-15(2)22-24-20-12-13-26(29(27,28)18-6-4-3-5-7-18)14-19(20)21(25-22)16-8-10-17(23)11-9-16/h3-11,15H,12-14H2,1-2H3. The molecule has 0 N–H and O–H groups in total. The number of rotatable bonds is 4. The summed E-state index contributed by atoms with van der Waals surface area (Å²) in [6, 6.07) is 16.0. The van der Waals surface area contributed by atoms with Gasteiger partial charge in [0.25, 0.3) is 0 Å². The van der Waals surface area contributed by atoms with E-state index in [0.29, 0.717) is 22.9 Å². The van der Waals surface area contributed by atoms with Crippen molar-refractivity contribution in [3.63, 3.8) is 0 Å². The summed E-state index contributed by atoms with van der Waals surface area (Å²) < 4.78 is 27.8. The summed E-state index contributed by atoms with van der Waals surface area (Å²) >= 11 is 6.05. The van der Waals surface area contributed by atoms with Gasteiger partial charge < -0.3 is 4.55 Å². The number of aromatic nitrogens is 2. The first-order chi connectivity index (χ1) is 13.9. The number of hydrogen-bond acceptors (Lipinski definition) is 4. The molecular weight excluding hydrogens is 406 g/mol. The number of halogens is 1. The van der Waals surface area contributed by atoms with Crippen LogP contribution in [0.25, 0.3) is 11.3 Å². The minimum atomic E-state index is -3.58. The molecule has 0 saturated heterocycles. The van der Waals surface area contributed by atoms with Crippen LogP contribution in [0.4, 0.5) is 0 Å². The Morgan fingerprint density at radius 2 is 1.76 bits per heavy atom. The van der Waals surface area contributed by atoms with Gasteiger partial charge in [-0.25, -0.2) is 9.97 Å². The van der Waals surface area contributed by atoms with E-state index in [2.05, 4.69) is 13.8 Å². The minimum Gasteiger partial charge on any atom is -0.593 e. The maximum absolute atomic E-state index is 13.1. The third-order valence-electron chi connectivity index (χ3n) is 5.06. The zero-order valence-corrected chi connectivity index (χ0v) is 17.9. The molecule has 29 heavy (non-hydrogen) atoms. The van der Waals surface area contributed by atoms with Gasteiger partial charge in [0.2, 0.25) is 0 Å². The van der Waals surface area contributed by atoms with E-state index in [-0.39, 0.29) is 12.5 Å². The zero-order valence-electron chi connectivity index (χ0n) is 16.3. The monoisotopic (exact) mass is 427 g/mol. The minimum absolute atomic E-state index is 0.178. The lowest BCUT2D eigenvalue weighted by atomic mass is 9.99. The smallest absolute Gasteiger partial charge is 0.175 e. The highest BCUT2D eigenvalue weighted by Gasteiger charge is 2.35. The number of sulfonamides is 1. The number of hydrogen-bond donors (Lipinski definition) is 0. The van der Waals surface area contributed by atoms with E-state index < -0.39 is 10.4 Å². The van der Waals surface area contributed by atoms with E-state index in [4.69, 9.17) is 21.6 Å². The number of nitrogens with zero attached hydrogens (tertiary/aromatic N) is 3. The molecule has 1 atom stereocenters. The average Bonchev–Trinajstić information content (AvgIpc) is 2.73. The SMILES string of the molecule is CC(C)c1nc2c(c(-c3ccc(Cl)cc3)n1)CN([S+](=O)([O-])c1ccccc1)CC2. The maximum atomic E-state index is 13.1. The predicted molar refractivity (Wildman–Crippen MR) is 114 cm³/mol. The molecule has 2 aromatic carbocycles. The molecule has 0 fully saturated rings. The van der Waals surface area contributed by atoms with Crippen LogP contribution in [-0.4, -0.2) is 25.4 Å². The Kier molecular flexibility index (Phi) is 5.53. The second-order valence-corrected chi connectivity index (χ2v) is 9.79. The summed E-state index contributed by atoms with van der Waals surface area (Å²) in [5, 5.41) is 0.647. The lowest BCUT2D eigenvalue weighted by Crippen LogP contribution is -2.40. The van der Waals surface area contributed by atoms with Crippen molar-refractivity contribution >= 4 is 22.0 Å². The largest absolute Gasteiger partial charge is 0.593 e. The van der Waals surface area contributed by atoms with Crippen LogP contribution in [0.5, 0.6) is 0 Å². The molecule has 0 aliphatic carbocycles. The van der Waals surface area contributed by atoms with Crippen LogP contribution >= 0.6 is 11.6 Å². The normalized spacial score (nSPS) is 16.4. The summed E-state index contributed by atoms with van der Waals surface area (Å²) in [4.78, 5) is 9.85. The van der Waals surface area contributed by atoms with Gasteiger partial charge in [0.1, 0.15) is 5.82 Å². The molecule has 150 valence electrons. The van der Waals surface area contributed by atoms with Crippen molar-refractivity contribution in [2.45, 2.75) is 37.6 Å². The molecule has 0 saturated carbocycles. The van der Waals surface area contributed by atoms with Crippen molar-refractivity contribution in [2.24, 2.45) is 0 Å². The van der Waals surface area contributed by atoms with Crippen LogP contribution < -0.4 is 0 Å². The molecule has 0 amide bonds. The van der Waals surface area contributed by atoms with E-state index in [1.165, 1.54) is 4.31 Å². The van der Waals surface area contributed by atoms with Gasteiger partial charge in [0.05, 0.1) is 24.5 Å². The molecule has 3 aromatic rings. The van der Waals surface area contributed by atoms with Gasteiger partial charge in [0, 0.05) is 28.5 Å². The van der Waals surface area contributed by atoms with Gasteiger partial charge in [-0.3, -0.25) is 0 Å². The molecule has 0 spiro atoms. The summed E-state index contributed by atoms with van der Waals surface area (Å²) in [5.41, 5.74) is 3.48. The van der Waals surface area contributed by atoms with Crippen LogP contribution in [0.2, 0.25) is 5.02 Å². The fourth-order valence-corrected chi connectivity index (χ4v) is 5.02. The van der Waals surface area contributed by atoms with E-state index in [1.807, 2.05) is 30.3 Å². The highest BCUT2D eigenvalue weighted by atomic mass is 35.5. The Bertz CT molecular complexity index is 1070. The fraction of sp³-hybridized carbons (Fsp3) is 0.273. The van der Waals surface area contributed by atoms with Crippen molar-refractivity contribution in [1.29, 1.82) is 0 Å². The maximum Gasteiger partial charge on any atom is 0.175 e. The quantitative estimate of drug-likeness (QED) is 0.556. The highest BCUT2D eigenvalue weighted by molar-refractivity contribution is 7.95. The summed E-state index contributed by atoms with van der Waals surface area (Å²) in [7, 11) is -3.58. The molecule has 1 aliphatic rings. The topological polar surface area (TPSA) is 69.2 Å². The van der Waals surface area contributed by atoms with Crippen LogP contribution in [-0.2, 0) is 27.6 Å². The Morgan fingerprint density at radius 1 is 1.07 bits per heavy atom. The Hall–Kier alpha value is -2.12. The Morgan fingerprint density at radius 3 is 2.41 bits per heavy atom. The van der Waals surface area contributed by atoms with Gasteiger partial charge in [-0.05, 0) is 24.3 Å². The molecule has 0 bridgehead atoms. The Labute approximate surface area is 177 Å². The molecule has 0 radical (unpaired) electrons. The van der Waals surface area contributed by atoms with Crippen molar-refractivity contribution in [3.05, 3.63) is 76.7 Å². The number of benzene rings is 2. The molecule has 2 heterocycles. The molecule has 1 unspecified atom stereocenters. The lowest BCUT2D eigenvalue weighted by molar-refractivity contribution is 0.337. The van der Waals surface area contributed by atoms with Crippen LogP contribution in [0.15, 0.2) is 59.5 Å². The van der Waals surface area contributed by atoms with Crippen molar-refractivity contribution in [3.8, 4) is 11.3 Å². The molecule has 1 aromatic heterocycles. The molecule has 1 aliphatic heterocycles. The average molecular weight is 428 g/mol.